The summed E-state index contributed by atoms with van der Waals surface area (Å²) in [5, 5.41) is 22.4. The van der Waals surface area contributed by atoms with Gasteiger partial charge in [-0.15, -0.1) is 10.2 Å². The second-order valence-electron chi connectivity index (χ2n) is 8.04. The molecule has 1 aliphatic heterocycles. The number of fused-ring (bicyclic) bond motifs is 1. The Morgan fingerprint density at radius 3 is 2.35 bits per heavy atom. The van der Waals surface area contributed by atoms with E-state index in [1.165, 1.54) is 23.6 Å². The second-order valence-corrected chi connectivity index (χ2v) is 8.45. The molecule has 0 unspecified atom stereocenters. The zero-order valence-corrected chi connectivity index (χ0v) is 18.9. The van der Waals surface area contributed by atoms with Crippen molar-refractivity contribution in [3.8, 4) is 11.3 Å². The molecule has 0 radical (unpaired) electrons. The van der Waals surface area contributed by atoms with Gasteiger partial charge in [0.15, 0.2) is 5.82 Å². The van der Waals surface area contributed by atoms with Gasteiger partial charge in [0.1, 0.15) is 0 Å². The molecule has 0 N–H and O–H groups in total. The summed E-state index contributed by atoms with van der Waals surface area (Å²) in [6.07, 6.45) is 0. The number of aromatic nitrogens is 2. The molecule has 1 aliphatic rings. The summed E-state index contributed by atoms with van der Waals surface area (Å²) >= 11 is 6.14. The molecule has 9 heteroatoms. The van der Waals surface area contributed by atoms with Crippen LogP contribution < -0.4 is 4.90 Å². The highest BCUT2D eigenvalue weighted by atomic mass is 35.5. The number of anilines is 1. The number of nitrogens with zero attached hydrogens (tertiary/aromatic N) is 5. The van der Waals surface area contributed by atoms with Gasteiger partial charge in [0, 0.05) is 43.9 Å². The van der Waals surface area contributed by atoms with Crippen molar-refractivity contribution in [2.75, 3.05) is 31.1 Å². The Kier molecular flexibility index (Phi) is 5.81. The minimum atomic E-state index is -0.536. The van der Waals surface area contributed by atoms with Crippen LogP contribution in [0.2, 0.25) is 5.02 Å². The van der Waals surface area contributed by atoms with E-state index in [2.05, 4.69) is 39.4 Å². The number of nitro benzene ring substituents is 1. The smallest absolute Gasteiger partial charge is 0.270 e. The van der Waals surface area contributed by atoms with Gasteiger partial charge < -0.3 is 9.80 Å². The highest BCUT2D eigenvalue weighted by Gasteiger charge is 2.26. The molecular formula is C25H20ClN5O3. The van der Waals surface area contributed by atoms with Crippen molar-refractivity contribution < 1.29 is 9.72 Å². The van der Waals surface area contributed by atoms with Crippen molar-refractivity contribution in [1.82, 2.24) is 15.1 Å². The molecule has 1 fully saturated rings. The highest BCUT2D eigenvalue weighted by molar-refractivity contribution is 6.33. The molecule has 0 aliphatic carbocycles. The number of hydrogen-bond donors (Lipinski definition) is 0. The monoisotopic (exact) mass is 473 g/mol. The van der Waals surface area contributed by atoms with Crippen LogP contribution in [-0.2, 0) is 0 Å². The molecule has 3 aromatic carbocycles. The van der Waals surface area contributed by atoms with E-state index in [-0.39, 0.29) is 22.2 Å². The standard InChI is InChI=1S/C25H20ClN5O3/c26-22-8-7-20(31(33)34)16-21(22)25(32)30-13-11-29(12-14-30)24-10-9-23(27-28-24)19-6-5-17-3-1-2-4-18(17)15-19/h1-10,15-16H,11-14H2. The lowest BCUT2D eigenvalue weighted by molar-refractivity contribution is -0.384. The number of carbonyl (C=O) groups excluding carboxylic acids is 1. The first-order chi connectivity index (χ1) is 16.5. The van der Waals surface area contributed by atoms with Crippen LogP contribution in [0.15, 0.2) is 72.8 Å². The first-order valence-electron chi connectivity index (χ1n) is 10.8. The molecule has 1 amide bonds. The van der Waals surface area contributed by atoms with Crippen LogP contribution >= 0.6 is 11.6 Å². The fraction of sp³-hybridized carbons (Fsp3) is 0.160. The Hall–Kier alpha value is -4.04. The van der Waals surface area contributed by atoms with Gasteiger partial charge in [-0.25, -0.2) is 0 Å². The molecule has 5 rings (SSSR count). The van der Waals surface area contributed by atoms with Crippen LogP contribution in [0.1, 0.15) is 10.4 Å². The minimum absolute atomic E-state index is 0.142. The van der Waals surface area contributed by atoms with E-state index in [9.17, 15) is 14.9 Å². The number of amides is 1. The number of piperazine rings is 1. The second kappa shape index (κ2) is 9.07. The number of hydrogen-bond acceptors (Lipinski definition) is 6. The Balaban J connectivity index is 1.26. The molecule has 1 aromatic heterocycles. The molecule has 8 nitrogen and oxygen atoms in total. The van der Waals surface area contributed by atoms with Gasteiger partial charge >= 0.3 is 0 Å². The van der Waals surface area contributed by atoms with Gasteiger partial charge in [-0.2, -0.15) is 0 Å². The lowest BCUT2D eigenvalue weighted by Gasteiger charge is -2.35. The van der Waals surface area contributed by atoms with Crippen LogP contribution in [0.3, 0.4) is 0 Å². The average Bonchev–Trinajstić information content (AvgIpc) is 2.88. The van der Waals surface area contributed by atoms with E-state index in [1.807, 2.05) is 30.3 Å². The van der Waals surface area contributed by atoms with E-state index < -0.39 is 4.92 Å². The Morgan fingerprint density at radius 2 is 1.65 bits per heavy atom. The molecule has 0 bridgehead atoms. The van der Waals surface area contributed by atoms with Gasteiger partial charge in [0.2, 0.25) is 0 Å². The molecule has 2 heterocycles. The SMILES string of the molecule is O=C(c1cc([N+](=O)[O-])ccc1Cl)N1CCN(c2ccc(-c3ccc4ccccc4c3)nn2)CC1. The van der Waals surface area contributed by atoms with Gasteiger partial charge in [0.05, 0.1) is 21.2 Å². The summed E-state index contributed by atoms with van der Waals surface area (Å²) in [5.41, 5.74) is 1.78. The fourth-order valence-electron chi connectivity index (χ4n) is 4.10. The van der Waals surface area contributed by atoms with E-state index in [0.29, 0.717) is 26.2 Å². The first-order valence-corrected chi connectivity index (χ1v) is 11.2. The Morgan fingerprint density at radius 1 is 0.882 bits per heavy atom. The number of non-ortho nitro benzene ring substituents is 1. The maximum absolute atomic E-state index is 12.9. The quantitative estimate of drug-likeness (QED) is 0.311. The summed E-state index contributed by atoms with van der Waals surface area (Å²) in [7, 11) is 0. The zero-order valence-electron chi connectivity index (χ0n) is 18.1. The van der Waals surface area contributed by atoms with Gasteiger partial charge in [-0.05, 0) is 35.0 Å². The summed E-state index contributed by atoms with van der Waals surface area (Å²) in [6, 6.07) is 22.2. The molecule has 34 heavy (non-hydrogen) atoms. The van der Waals surface area contributed by atoms with Crippen molar-refractivity contribution in [1.29, 1.82) is 0 Å². The summed E-state index contributed by atoms with van der Waals surface area (Å²) < 4.78 is 0. The van der Waals surface area contributed by atoms with Gasteiger partial charge in [-0.3, -0.25) is 14.9 Å². The highest BCUT2D eigenvalue weighted by Crippen LogP contribution is 2.26. The van der Waals surface area contributed by atoms with E-state index in [4.69, 9.17) is 11.6 Å². The third kappa shape index (κ3) is 4.27. The summed E-state index contributed by atoms with van der Waals surface area (Å²) in [4.78, 5) is 27.1. The Bertz CT molecular complexity index is 1390. The molecule has 0 saturated carbocycles. The third-order valence-electron chi connectivity index (χ3n) is 5.98. The lowest BCUT2D eigenvalue weighted by atomic mass is 10.1. The maximum Gasteiger partial charge on any atom is 0.270 e. The van der Waals surface area contributed by atoms with Crippen LogP contribution in [0.4, 0.5) is 11.5 Å². The van der Waals surface area contributed by atoms with Crippen LogP contribution in [0, 0.1) is 10.1 Å². The maximum atomic E-state index is 12.9. The van der Waals surface area contributed by atoms with Crippen LogP contribution in [0.25, 0.3) is 22.0 Å². The predicted molar refractivity (Wildman–Crippen MR) is 131 cm³/mol. The van der Waals surface area contributed by atoms with Crippen molar-refractivity contribution >= 4 is 39.8 Å². The summed E-state index contributed by atoms with van der Waals surface area (Å²) in [6.45, 7) is 2.04. The number of benzene rings is 3. The predicted octanol–water partition coefficient (Wildman–Crippen LogP) is 4.82. The van der Waals surface area contributed by atoms with Crippen molar-refractivity contribution in [3.63, 3.8) is 0 Å². The van der Waals surface area contributed by atoms with E-state index >= 15 is 0 Å². The number of halogens is 1. The zero-order chi connectivity index (χ0) is 23.7. The molecule has 170 valence electrons. The third-order valence-corrected chi connectivity index (χ3v) is 6.31. The van der Waals surface area contributed by atoms with Crippen molar-refractivity contribution in [2.24, 2.45) is 0 Å². The van der Waals surface area contributed by atoms with Crippen LogP contribution in [0.5, 0.6) is 0 Å². The minimum Gasteiger partial charge on any atom is -0.352 e. The molecular weight excluding hydrogens is 454 g/mol. The van der Waals surface area contributed by atoms with Crippen molar-refractivity contribution in [3.05, 3.63) is 93.5 Å². The average molecular weight is 474 g/mol. The molecule has 0 atom stereocenters. The Labute approximate surface area is 200 Å². The van der Waals surface area contributed by atoms with Gasteiger partial charge in [0.25, 0.3) is 11.6 Å². The normalized spacial score (nSPS) is 13.8. The van der Waals surface area contributed by atoms with E-state index in [1.54, 1.807) is 4.90 Å². The number of carbonyl (C=O) groups is 1. The molecule has 1 saturated heterocycles. The molecule has 4 aromatic rings. The summed E-state index contributed by atoms with van der Waals surface area (Å²) in [5.74, 6) is 0.427. The van der Waals surface area contributed by atoms with E-state index in [0.717, 1.165) is 22.5 Å². The first kappa shape index (κ1) is 21.8. The topological polar surface area (TPSA) is 92.5 Å². The van der Waals surface area contributed by atoms with Crippen LogP contribution in [-0.4, -0.2) is 52.1 Å². The largest absolute Gasteiger partial charge is 0.352 e. The lowest BCUT2D eigenvalue weighted by Crippen LogP contribution is -2.49. The fourth-order valence-corrected chi connectivity index (χ4v) is 4.29. The van der Waals surface area contributed by atoms with Gasteiger partial charge in [-0.1, -0.05) is 48.0 Å². The molecule has 0 spiro atoms. The van der Waals surface area contributed by atoms with Crippen molar-refractivity contribution in [2.45, 2.75) is 0 Å². The number of rotatable bonds is 4. The number of nitro groups is 1.